The van der Waals surface area contributed by atoms with Crippen LogP contribution in [0.15, 0.2) is 34.7 Å². The van der Waals surface area contributed by atoms with Gasteiger partial charge in [0, 0.05) is 24.2 Å². The number of thioether (sulfide) groups is 1. The molecule has 154 valence electrons. The van der Waals surface area contributed by atoms with Crippen molar-refractivity contribution in [2.75, 3.05) is 25.0 Å². The van der Waals surface area contributed by atoms with E-state index in [1.807, 2.05) is 45.0 Å². The number of nitrogens with one attached hydrogen (secondary N) is 1. The van der Waals surface area contributed by atoms with Crippen molar-refractivity contribution in [1.29, 1.82) is 0 Å². The molecule has 0 spiro atoms. The van der Waals surface area contributed by atoms with Crippen molar-refractivity contribution in [2.24, 2.45) is 4.99 Å². The van der Waals surface area contributed by atoms with Crippen LogP contribution in [0.25, 0.3) is 5.70 Å². The van der Waals surface area contributed by atoms with Crippen LogP contribution in [0.5, 0.6) is 0 Å². The minimum atomic E-state index is -0.580. The van der Waals surface area contributed by atoms with Crippen LogP contribution in [0, 0.1) is 0 Å². The second-order valence-corrected chi connectivity index (χ2v) is 9.17. The van der Waals surface area contributed by atoms with Crippen molar-refractivity contribution in [3.8, 4) is 0 Å². The van der Waals surface area contributed by atoms with Gasteiger partial charge in [-0.15, -0.1) is 0 Å². The number of carbonyl (C=O) groups excluding carboxylic acids is 2. The third-order valence-electron chi connectivity index (χ3n) is 5.00. The van der Waals surface area contributed by atoms with Gasteiger partial charge in [0.25, 0.3) is 0 Å². The van der Waals surface area contributed by atoms with Gasteiger partial charge in [-0.3, -0.25) is 14.7 Å². The van der Waals surface area contributed by atoms with Gasteiger partial charge in [0.1, 0.15) is 11.6 Å². The molecule has 0 saturated carbocycles. The Kier molecular flexibility index (Phi) is 5.29. The van der Waals surface area contributed by atoms with E-state index in [1.165, 1.54) is 4.90 Å². The number of carbonyl (C=O) groups is 2. The molecule has 29 heavy (non-hydrogen) atoms. The highest BCUT2D eigenvalue weighted by Gasteiger charge is 2.36. The van der Waals surface area contributed by atoms with Crippen molar-refractivity contribution in [2.45, 2.75) is 45.3 Å². The number of fused-ring (bicyclic) bond motifs is 1. The first-order valence-electron chi connectivity index (χ1n) is 9.91. The lowest BCUT2D eigenvalue weighted by molar-refractivity contribution is -0.120. The van der Waals surface area contributed by atoms with Gasteiger partial charge in [0.15, 0.2) is 5.17 Å². The summed E-state index contributed by atoms with van der Waals surface area (Å²) in [6.07, 6.45) is 1.01. The molecule has 1 aromatic carbocycles. The summed E-state index contributed by atoms with van der Waals surface area (Å²) >= 11 is 1.65. The smallest absolute Gasteiger partial charge is 0.410 e. The fraction of sp³-hybridized carbons (Fsp3) is 0.476. The average Bonchev–Trinajstić information content (AvgIpc) is 3.37. The van der Waals surface area contributed by atoms with Crippen molar-refractivity contribution >= 4 is 40.3 Å². The predicted molar refractivity (Wildman–Crippen MR) is 116 cm³/mol. The van der Waals surface area contributed by atoms with E-state index in [9.17, 15) is 9.59 Å². The molecule has 3 aliphatic heterocycles. The minimum absolute atomic E-state index is 0.175. The van der Waals surface area contributed by atoms with Gasteiger partial charge in [-0.25, -0.2) is 4.79 Å². The van der Waals surface area contributed by atoms with Gasteiger partial charge in [-0.2, -0.15) is 0 Å². The van der Waals surface area contributed by atoms with E-state index >= 15 is 0 Å². The third-order valence-corrected chi connectivity index (χ3v) is 5.90. The Morgan fingerprint density at radius 1 is 1.21 bits per heavy atom. The molecular formula is C21H26N4O3S. The zero-order valence-electron chi connectivity index (χ0n) is 17.0. The molecule has 0 bridgehead atoms. The molecule has 1 saturated heterocycles. The molecular weight excluding hydrogens is 388 g/mol. The maximum absolute atomic E-state index is 12.8. The molecule has 4 rings (SSSR count). The van der Waals surface area contributed by atoms with Crippen LogP contribution in [0.4, 0.5) is 10.5 Å². The van der Waals surface area contributed by atoms with E-state index in [0.29, 0.717) is 13.0 Å². The number of hydrogen-bond donors (Lipinski definition) is 1. The van der Waals surface area contributed by atoms with Crippen LogP contribution in [0.2, 0.25) is 0 Å². The number of nitrogens with zero attached hydrogens (tertiary/aromatic N) is 3. The Morgan fingerprint density at radius 2 is 1.97 bits per heavy atom. The van der Waals surface area contributed by atoms with Crippen LogP contribution in [-0.2, 0) is 9.53 Å². The summed E-state index contributed by atoms with van der Waals surface area (Å²) in [5.74, 6) is -0.175. The summed E-state index contributed by atoms with van der Waals surface area (Å²) in [5.41, 5.74) is 2.38. The molecule has 8 heteroatoms. The summed E-state index contributed by atoms with van der Waals surface area (Å²) in [4.78, 5) is 33.4. The monoisotopic (exact) mass is 414 g/mol. The number of amides is 2. The Morgan fingerprint density at radius 3 is 2.69 bits per heavy atom. The van der Waals surface area contributed by atoms with E-state index in [1.54, 1.807) is 11.8 Å². The molecule has 1 atom stereocenters. The van der Waals surface area contributed by atoms with Crippen molar-refractivity contribution in [3.63, 3.8) is 0 Å². The van der Waals surface area contributed by atoms with Crippen LogP contribution >= 0.6 is 11.8 Å². The number of anilines is 1. The molecule has 0 radical (unpaired) electrons. The van der Waals surface area contributed by atoms with Crippen LogP contribution < -0.4 is 5.32 Å². The maximum Gasteiger partial charge on any atom is 0.410 e. The topological polar surface area (TPSA) is 74.2 Å². The third kappa shape index (κ3) is 4.27. The van der Waals surface area contributed by atoms with E-state index in [0.717, 1.165) is 41.6 Å². The summed E-state index contributed by atoms with van der Waals surface area (Å²) in [6.45, 7) is 7.77. The standard InChI is InChI=1S/C21H26N4O3S/c1-21(2,3)28-20(27)25-11-4-5-16(25)18(26)23-15-8-6-14(7-9-15)17-13-29-19-22-10-12-24(17)19/h6-9,13,16H,4-5,10-12H2,1-3H3,(H,23,26). The first-order chi connectivity index (χ1) is 13.8. The SMILES string of the molecule is CC(C)(C)OC(=O)N1CCCC1C(=O)Nc1ccc(C2=CSC3=NCCN23)cc1. The van der Waals surface area contributed by atoms with Crippen LogP contribution in [0.3, 0.4) is 0 Å². The van der Waals surface area contributed by atoms with E-state index in [-0.39, 0.29) is 5.91 Å². The lowest BCUT2D eigenvalue weighted by Gasteiger charge is -2.28. The van der Waals surface area contributed by atoms with Crippen molar-refractivity contribution in [3.05, 3.63) is 35.2 Å². The van der Waals surface area contributed by atoms with Crippen molar-refractivity contribution in [1.82, 2.24) is 9.80 Å². The first kappa shape index (κ1) is 19.8. The van der Waals surface area contributed by atoms with Gasteiger partial charge < -0.3 is 15.0 Å². The molecule has 7 nitrogen and oxygen atoms in total. The normalized spacial score (nSPS) is 21.0. The molecule has 1 aromatic rings. The number of amidine groups is 1. The first-order valence-corrected chi connectivity index (χ1v) is 10.8. The second-order valence-electron chi connectivity index (χ2n) is 8.34. The average molecular weight is 415 g/mol. The summed E-state index contributed by atoms with van der Waals surface area (Å²) in [6, 6.07) is 7.31. The number of benzene rings is 1. The number of likely N-dealkylation sites (tertiary alicyclic amines) is 1. The molecule has 0 aromatic heterocycles. The number of ether oxygens (including phenoxy) is 1. The minimum Gasteiger partial charge on any atom is -0.444 e. The molecule has 2 amide bonds. The number of aliphatic imine (C=N–C) groups is 1. The quantitative estimate of drug-likeness (QED) is 0.816. The van der Waals surface area contributed by atoms with Gasteiger partial charge in [0.05, 0.1) is 12.2 Å². The molecule has 3 heterocycles. The zero-order chi connectivity index (χ0) is 20.6. The molecule has 1 unspecified atom stereocenters. The predicted octanol–water partition coefficient (Wildman–Crippen LogP) is 3.74. The van der Waals surface area contributed by atoms with Gasteiger partial charge >= 0.3 is 6.09 Å². The van der Waals surface area contributed by atoms with Crippen LogP contribution in [-0.4, -0.2) is 58.2 Å². The van der Waals surface area contributed by atoms with E-state index < -0.39 is 17.7 Å². The van der Waals surface area contributed by atoms with Crippen molar-refractivity contribution < 1.29 is 14.3 Å². The Balaban J connectivity index is 1.39. The number of rotatable bonds is 3. The number of hydrogen-bond acceptors (Lipinski definition) is 6. The summed E-state index contributed by atoms with van der Waals surface area (Å²) in [5, 5.41) is 6.12. The summed E-state index contributed by atoms with van der Waals surface area (Å²) < 4.78 is 5.44. The van der Waals surface area contributed by atoms with Crippen LogP contribution in [0.1, 0.15) is 39.2 Å². The van der Waals surface area contributed by atoms with E-state index in [2.05, 4.69) is 20.6 Å². The largest absolute Gasteiger partial charge is 0.444 e. The molecule has 1 fully saturated rings. The summed E-state index contributed by atoms with van der Waals surface area (Å²) in [7, 11) is 0. The highest BCUT2D eigenvalue weighted by atomic mass is 32.2. The van der Waals surface area contributed by atoms with Gasteiger partial charge in [0.2, 0.25) is 5.91 Å². The maximum atomic E-state index is 12.8. The fourth-order valence-electron chi connectivity index (χ4n) is 3.68. The second kappa shape index (κ2) is 7.74. The lowest BCUT2D eigenvalue weighted by atomic mass is 10.1. The Hall–Kier alpha value is -2.48. The highest BCUT2D eigenvalue weighted by Crippen LogP contribution is 2.35. The lowest BCUT2D eigenvalue weighted by Crippen LogP contribution is -2.45. The molecule has 3 aliphatic rings. The highest BCUT2D eigenvalue weighted by molar-refractivity contribution is 8.16. The zero-order valence-corrected chi connectivity index (χ0v) is 17.8. The van der Waals surface area contributed by atoms with Gasteiger partial charge in [-0.1, -0.05) is 23.9 Å². The molecule has 0 aliphatic carbocycles. The molecule has 1 N–H and O–H groups in total. The fourth-order valence-corrected chi connectivity index (χ4v) is 4.64. The van der Waals surface area contributed by atoms with E-state index in [4.69, 9.17) is 4.74 Å². The Bertz CT molecular complexity index is 873. The van der Waals surface area contributed by atoms with Gasteiger partial charge in [-0.05, 0) is 51.3 Å². The Labute approximate surface area is 175 Å².